The summed E-state index contributed by atoms with van der Waals surface area (Å²) in [4.78, 5) is 24.3. The number of amides is 1. The lowest BCUT2D eigenvalue weighted by atomic mass is 10.3. The zero-order chi connectivity index (χ0) is 11.3. The highest BCUT2D eigenvalue weighted by molar-refractivity contribution is 5.77. The van der Waals surface area contributed by atoms with Crippen molar-refractivity contribution in [3.05, 3.63) is 10.1 Å². The molecule has 0 aliphatic carbocycles. The van der Waals surface area contributed by atoms with Gasteiger partial charge < -0.3 is 10.0 Å². The quantitative estimate of drug-likeness (QED) is 0.452. The highest BCUT2D eigenvalue weighted by atomic mass is 16.6. The molecule has 0 radical (unpaired) electrons. The fourth-order valence-electron chi connectivity index (χ4n) is 1.57. The first-order valence-electron chi connectivity index (χ1n) is 4.86. The van der Waals surface area contributed by atoms with Gasteiger partial charge >= 0.3 is 0 Å². The first-order valence-corrected chi connectivity index (χ1v) is 4.86. The number of hydrogen-bond donors (Lipinski definition) is 1. The van der Waals surface area contributed by atoms with Gasteiger partial charge in [-0.2, -0.15) is 0 Å². The summed E-state index contributed by atoms with van der Waals surface area (Å²) in [5.41, 5.74) is 0. The van der Waals surface area contributed by atoms with E-state index in [-0.39, 0.29) is 6.61 Å². The normalized spacial score (nSPS) is 17.8. The molecule has 0 aromatic carbocycles. The molecule has 15 heavy (non-hydrogen) atoms. The number of carbonyl (C=O) groups is 1. The van der Waals surface area contributed by atoms with E-state index in [1.165, 1.54) is 4.90 Å². The number of aliphatic hydroxyl groups is 1. The van der Waals surface area contributed by atoms with Crippen molar-refractivity contribution in [3.8, 4) is 0 Å². The molecule has 0 saturated carbocycles. The van der Waals surface area contributed by atoms with Crippen molar-refractivity contribution in [2.45, 2.75) is 0 Å². The molecule has 0 aromatic heterocycles. The summed E-state index contributed by atoms with van der Waals surface area (Å²) in [6.45, 7) is 2.42. The molecule has 1 amide bonds. The third-order valence-electron chi connectivity index (χ3n) is 2.41. The molecule has 0 atom stereocenters. The maximum atomic E-state index is 11.3. The third-order valence-corrected chi connectivity index (χ3v) is 2.41. The van der Waals surface area contributed by atoms with Crippen LogP contribution in [0.4, 0.5) is 0 Å². The van der Waals surface area contributed by atoms with Crippen LogP contribution in [-0.2, 0) is 4.79 Å². The number of nitro groups is 1. The molecular formula is C8H15N3O4. The number of β-amino-alcohol motifs (C(OH)–C–C–N with tert-alkyl or cyclic N) is 1. The average molecular weight is 217 g/mol. The maximum absolute atomic E-state index is 11.3. The molecule has 0 aromatic rings. The van der Waals surface area contributed by atoms with Crippen molar-refractivity contribution < 1.29 is 14.8 Å². The van der Waals surface area contributed by atoms with E-state index in [0.29, 0.717) is 32.7 Å². The Morgan fingerprint density at radius 2 is 1.93 bits per heavy atom. The van der Waals surface area contributed by atoms with E-state index < -0.39 is 17.4 Å². The van der Waals surface area contributed by atoms with Crippen molar-refractivity contribution in [2.24, 2.45) is 0 Å². The van der Waals surface area contributed by atoms with E-state index in [2.05, 4.69) is 0 Å². The minimum atomic E-state index is -0.625. The summed E-state index contributed by atoms with van der Waals surface area (Å²) in [5.74, 6) is -0.427. The predicted molar refractivity (Wildman–Crippen MR) is 52.0 cm³/mol. The van der Waals surface area contributed by atoms with Crippen LogP contribution in [0.1, 0.15) is 0 Å². The van der Waals surface area contributed by atoms with Crippen molar-refractivity contribution in [1.82, 2.24) is 9.80 Å². The van der Waals surface area contributed by atoms with Gasteiger partial charge in [0, 0.05) is 37.6 Å². The van der Waals surface area contributed by atoms with E-state index in [1.807, 2.05) is 4.90 Å². The van der Waals surface area contributed by atoms with Gasteiger partial charge in [0.05, 0.1) is 6.61 Å². The minimum absolute atomic E-state index is 0.100. The molecule has 7 nitrogen and oxygen atoms in total. The van der Waals surface area contributed by atoms with Crippen LogP contribution in [0.3, 0.4) is 0 Å². The summed E-state index contributed by atoms with van der Waals surface area (Å²) < 4.78 is 0. The number of aliphatic hydroxyl groups excluding tert-OH is 1. The van der Waals surface area contributed by atoms with Crippen LogP contribution < -0.4 is 0 Å². The van der Waals surface area contributed by atoms with E-state index in [4.69, 9.17) is 5.11 Å². The van der Waals surface area contributed by atoms with E-state index >= 15 is 0 Å². The van der Waals surface area contributed by atoms with Gasteiger partial charge in [0.15, 0.2) is 0 Å². The Balaban J connectivity index is 2.30. The Labute approximate surface area is 87.4 Å². The second-order valence-corrected chi connectivity index (χ2v) is 3.44. The van der Waals surface area contributed by atoms with Gasteiger partial charge in [-0.25, -0.2) is 0 Å². The minimum Gasteiger partial charge on any atom is -0.395 e. The second kappa shape index (κ2) is 5.62. The molecule has 1 aliphatic rings. The van der Waals surface area contributed by atoms with E-state index in [1.54, 1.807) is 0 Å². The Kier molecular flexibility index (Phi) is 4.44. The highest BCUT2D eigenvalue weighted by Gasteiger charge is 2.23. The third kappa shape index (κ3) is 3.80. The van der Waals surface area contributed by atoms with Gasteiger partial charge in [0.2, 0.25) is 0 Å². The second-order valence-electron chi connectivity index (χ2n) is 3.44. The van der Waals surface area contributed by atoms with Crippen LogP contribution in [0.2, 0.25) is 0 Å². The molecule has 0 bridgehead atoms. The number of piperazine rings is 1. The number of rotatable bonds is 4. The van der Waals surface area contributed by atoms with Gasteiger partial charge in [0.25, 0.3) is 12.5 Å². The van der Waals surface area contributed by atoms with Gasteiger partial charge in [-0.1, -0.05) is 0 Å². The van der Waals surface area contributed by atoms with Crippen molar-refractivity contribution in [3.63, 3.8) is 0 Å². The van der Waals surface area contributed by atoms with Gasteiger partial charge in [-0.05, 0) is 0 Å². The molecule has 0 unspecified atom stereocenters. The molecule has 0 spiro atoms. The molecule has 1 N–H and O–H groups in total. The Morgan fingerprint density at radius 1 is 1.33 bits per heavy atom. The largest absolute Gasteiger partial charge is 0.395 e. The van der Waals surface area contributed by atoms with Crippen LogP contribution >= 0.6 is 0 Å². The van der Waals surface area contributed by atoms with Gasteiger partial charge in [-0.15, -0.1) is 0 Å². The molecule has 1 saturated heterocycles. The zero-order valence-corrected chi connectivity index (χ0v) is 8.46. The highest BCUT2D eigenvalue weighted by Crippen LogP contribution is 2.01. The Hall–Kier alpha value is -1.21. The van der Waals surface area contributed by atoms with E-state index in [9.17, 15) is 14.9 Å². The number of nitrogens with zero attached hydrogens (tertiary/aromatic N) is 3. The average Bonchev–Trinajstić information content (AvgIpc) is 2.18. The van der Waals surface area contributed by atoms with Crippen LogP contribution in [0.5, 0.6) is 0 Å². The molecule has 7 heteroatoms. The van der Waals surface area contributed by atoms with Crippen molar-refractivity contribution in [1.29, 1.82) is 0 Å². The lowest BCUT2D eigenvalue weighted by Gasteiger charge is -2.33. The summed E-state index contributed by atoms with van der Waals surface area (Å²) in [7, 11) is 0. The lowest BCUT2D eigenvalue weighted by molar-refractivity contribution is -0.468. The summed E-state index contributed by atoms with van der Waals surface area (Å²) >= 11 is 0. The van der Waals surface area contributed by atoms with Crippen LogP contribution in [0.25, 0.3) is 0 Å². The summed E-state index contributed by atoms with van der Waals surface area (Å²) in [6, 6.07) is 0. The zero-order valence-electron chi connectivity index (χ0n) is 8.46. The fraction of sp³-hybridized carbons (Fsp3) is 0.875. The Bertz CT molecular complexity index is 238. The maximum Gasteiger partial charge on any atom is 0.294 e. The molecule has 1 rings (SSSR count). The number of carbonyl (C=O) groups excluding carboxylic acids is 1. The van der Waals surface area contributed by atoms with E-state index in [0.717, 1.165) is 0 Å². The topological polar surface area (TPSA) is 86.9 Å². The van der Waals surface area contributed by atoms with Crippen LogP contribution in [0, 0.1) is 10.1 Å². The number of hydrogen-bond acceptors (Lipinski definition) is 5. The van der Waals surface area contributed by atoms with Crippen molar-refractivity contribution >= 4 is 5.91 Å². The molecular weight excluding hydrogens is 202 g/mol. The smallest absolute Gasteiger partial charge is 0.294 e. The Morgan fingerprint density at radius 3 is 2.40 bits per heavy atom. The van der Waals surface area contributed by atoms with Gasteiger partial charge in [0.1, 0.15) is 0 Å². The van der Waals surface area contributed by atoms with Gasteiger partial charge in [-0.3, -0.25) is 19.8 Å². The molecule has 1 aliphatic heterocycles. The standard InChI is InChI=1S/C8H15N3O4/c12-6-5-9-1-3-10(4-2-9)8(13)7-11(14)15/h12H,1-7H2. The summed E-state index contributed by atoms with van der Waals surface area (Å²) in [6.07, 6.45) is 0. The monoisotopic (exact) mass is 217 g/mol. The van der Waals surface area contributed by atoms with Crippen molar-refractivity contribution in [2.75, 3.05) is 45.9 Å². The molecule has 1 fully saturated rings. The fourth-order valence-corrected chi connectivity index (χ4v) is 1.57. The first-order chi connectivity index (χ1) is 7.13. The first kappa shape index (κ1) is 11.9. The predicted octanol–water partition coefficient (Wildman–Crippen LogP) is -1.60. The molecule has 1 heterocycles. The lowest BCUT2D eigenvalue weighted by Crippen LogP contribution is -2.50. The van der Waals surface area contributed by atoms with Crippen LogP contribution in [-0.4, -0.2) is 71.6 Å². The molecule has 86 valence electrons. The summed E-state index contributed by atoms with van der Waals surface area (Å²) in [5, 5.41) is 18.8. The van der Waals surface area contributed by atoms with Crippen LogP contribution in [0.15, 0.2) is 0 Å². The SMILES string of the molecule is O=C(C[N+](=O)[O-])N1CCN(CCO)CC1.